The van der Waals surface area contributed by atoms with Gasteiger partial charge in [-0.2, -0.15) is 0 Å². The Labute approximate surface area is 185 Å². The van der Waals surface area contributed by atoms with Crippen molar-refractivity contribution >= 4 is 52.0 Å². The minimum atomic E-state index is -0.996. The van der Waals surface area contributed by atoms with Crippen LogP contribution in [0.2, 0.25) is 20.1 Å². The Balaban J connectivity index is 1.92. The second kappa shape index (κ2) is 9.09. The molecule has 2 aromatic rings. The fourth-order valence-corrected chi connectivity index (χ4v) is 4.34. The number of hydrogen-bond donors (Lipinski definition) is 1. The minimum Gasteiger partial charge on any atom is -0.378 e. The monoisotopic (exact) mass is 453 g/mol. The third-order valence-electron chi connectivity index (χ3n) is 4.85. The zero-order valence-electron chi connectivity index (χ0n) is 15.1. The maximum absolute atomic E-state index is 10.2. The molecular formula is C22H19Cl4NO. The summed E-state index contributed by atoms with van der Waals surface area (Å²) >= 11 is 24.9. The summed E-state index contributed by atoms with van der Waals surface area (Å²) in [6, 6.07) is 10.8. The molecule has 2 nitrogen and oxygen atoms in total. The van der Waals surface area contributed by atoms with Crippen molar-refractivity contribution < 1.29 is 5.11 Å². The summed E-state index contributed by atoms with van der Waals surface area (Å²) in [7, 11) is 0. The van der Waals surface area contributed by atoms with E-state index >= 15 is 0 Å². The third kappa shape index (κ3) is 5.45. The van der Waals surface area contributed by atoms with E-state index in [-0.39, 0.29) is 0 Å². The van der Waals surface area contributed by atoms with Crippen LogP contribution in [0.3, 0.4) is 0 Å². The summed E-state index contributed by atoms with van der Waals surface area (Å²) < 4.78 is 0. The van der Waals surface area contributed by atoms with E-state index in [1.54, 1.807) is 12.1 Å². The van der Waals surface area contributed by atoms with Gasteiger partial charge in [-0.05, 0) is 53.1 Å². The first-order chi connectivity index (χ1) is 13.3. The normalized spacial score (nSPS) is 16.4. The van der Waals surface area contributed by atoms with Gasteiger partial charge < -0.3 is 5.11 Å². The van der Waals surface area contributed by atoms with Crippen molar-refractivity contribution in [1.82, 2.24) is 4.90 Å². The molecule has 2 aromatic carbocycles. The van der Waals surface area contributed by atoms with Crippen molar-refractivity contribution in [3.05, 3.63) is 73.7 Å². The lowest BCUT2D eigenvalue weighted by Crippen LogP contribution is -2.43. The highest BCUT2D eigenvalue weighted by Gasteiger charge is 2.29. The molecule has 0 unspecified atom stereocenters. The number of benzene rings is 2. The molecule has 0 radical (unpaired) electrons. The number of likely N-dealkylation sites (tertiary alicyclic amines) is 1. The molecule has 0 atom stereocenters. The van der Waals surface area contributed by atoms with Crippen molar-refractivity contribution in [2.75, 3.05) is 19.6 Å². The standard InChI is InChI=1S/C22H19Cl4NO/c1-2-22(28)4-7-27(8-5-22)6-3-21(15-9-17(23)13-18(24)10-15)16-11-19(25)14-20(26)12-16/h1,3,9-14,28H,4-8H2. The van der Waals surface area contributed by atoms with Crippen LogP contribution in [0.1, 0.15) is 24.0 Å². The number of hydrogen-bond acceptors (Lipinski definition) is 2. The number of terminal acetylenes is 1. The lowest BCUT2D eigenvalue weighted by atomic mass is 9.92. The molecule has 1 aliphatic rings. The summed E-state index contributed by atoms with van der Waals surface area (Å²) in [4.78, 5) is 2.24. The highest BCUT2D eigenvalue weighted by atomic mass is 35.5. The second-order valence-electron chi connectivity index (χ2n) is 6.91. The molecule has 1 aliphatic heterocycles. The number of nitrogens with zero attached hydrogens (tertiary/aromatic N) is 1. The Morgan fingerprint density at radius 3 is 1.75 bits per heavy atom. The van der Waals surface area contributed by atoms with Crippen molar-refractivity contribution in [2.24, 2.45) is 0 Å². The van der Waals surface area contributed by atoms with E-state index in [1.807, 2.05) is 24.3 Å². The molecular weight excluding hydrogens is 436 g/mol. The van der Waals surface area contributed by atoms with Gasteiger partial charge in [0.05, 0.1) is 0 Å². The summed E-state index contributed by atoms with van der Waals surface area (Å²) in [6.45, 7) is 2.12. The van der Waals surface area contributed by atoms with Crippen LogP contribution in [0.4, 0.5) is 0 Å². The van der Waals surface area contributed by atoms with Crippen LogP contribution in [0.25, 0.3) is 5.57 Å². The van der Waals surface area contributed by atoms with Crippen LogP contribution in [0, 0.1) is 12.3 Å². The zero-order valence-corrected chi connectivity index (χ0v) is 18.1. The highest BCUT2D eigenvalue weighted by Crippen LogP contribution is 2.32. The molecule has 1 heterocycles. The average Bonchev–Trinajstić information content (AvgIpc) is 2.62. The van der Waals surface area contributed by atoms with Gasteiger partial charge in [-0.1, -0.05) is 58.4 Å². The Morgan fingerprint density at radius 1 is 0.929 bits per heavy atom. The van der Waals surface area contributed by atoms with Gasteiger partial charge in [-0.15, -0.1) is 6.42 Å². The topological polar surface area (TPSA) is 23.5 Å². The van der Waals surface area contributed by atoms with E-state index in [1.165, 1.54) is 0 Å². The van der Waals surface area contributed by atoms with Gasteiger partial charge in [0, 0.05) is 52.6 Å². The molecule has 0 aromatic heterocycles. The first-order valence-electron chi connectivity index (χ1n) is 8.84. The molecule has 1 saturated heterocycles. The molecule has 3 rings (SSSR count). The molecule has 146 valence electrons. The van der Waals surface area contributed by atoms with E-state index in [4.69, 9.17) is 52.8 Å². The van der Waals surface area contributed by atoms with Crippen LogP contribution in [-0.2, 0) is 0 Å². The summed E-state index contributed by atoms with van der Waals surface area (Å²) in [5, 5.41) is 12.4. The lowest BCUT2D eigenvalue weighted by molar-refractivity contribution is 0.0309. The van der Waals surface area contributed by atoms with E-state index < -0.39 is 5.60 Å². The number of aliphatic hydroxyl groups is 1. The van der Waals surface area contributed by atoms with Crippen molar-refractivity contribution in [2.45, 2.75) is 18.4 Å². The largest absolute Gasteiger partial charge is 0.378 e. The molecule has 1 N–H and O–H groups in total. The Morgan fingerprint density at radius 2 is 1.36 bits per heavy atom. The lowest BCUT2D eigenvalue weighted by Gasteiger charge is -2.34. The number of rotatable bonds is 4. The van der Waals surface area contributed by atoms with Gasteiger partial charge in [-0.3, -0.25) is 4.90 Å². The van der Waals surface area contributed by atoms with E-state index in [9.17, 15) is 5.11 Å². The Hall–Kier alpha value is -1.18. The predicted octanol–water partition coefficient (Wildman–Crippen LogP) is 6.19. The maximum Gasteiger partial charge on any atom is 0.127 e. The third-order valence-corrected chi connectivity index (χ3v) is 5.73. The molecule has 0 saturated carbocycles. The molecule has 0 bridgehead atoms. The van der Waals surface area contributed by atoms with E-state index in [0.717, 1.165) is 29.8 Å². The quantitative estimate of drug-likeness (QED) is 0.556. The first-order valence-corrected chi connectivity index (χ1v) is 10.3. The fraction of sp³-hybridized carbons (Fsp3) is 0.273. The molecule has 6 heteroatoms. The first kappa shape index (κ1) is 21.5. The van der Waals surface area contributed by atoms with Crippen molar-refractivity contribution in [3.63, 3.8) is 0 Å². The molecule has 0 aliphatic carbocycles. The number of piperidine rings is 1. The highest BCUT2D eigenvalue weighted by molar-refractivity contribution is 6.35. The maximum atomic E-state index is 10.2. The summed E-state index contributed by atoms with van der Waals surface area (Å²) in [5.74, 6) is 2.50. The van der Waals surface area contributed by atoms with Gasteiger partial charge in [-0.25, -0.2) is 0 Å². The number of halogens is 4. The molecule has 0 amide bonds. The van der Waals surface area contributed by atoms with Crippen molar-refractivity contribution in [3.8, 4) is 12.3 Å². The van der Waals surface area contributed by atoms with Gasteiger partial charge >= 0.3 is 0 Å². The summed E-state index contributed by atoms with van der Waals surface area (Å²) in [5.41, 5.74) is 1.71. The van der Waals surface area contributed by atoms with E-state index in [0.29, 0.717) is 39.5 Å². The van der Waals surface area contributed by atoms with Crippen LogP contribution in [-0.4, -0.2) is 35.2 Å². The van der Waals surface area contributed by atoms with Crippen molar-refractivity contribution in [1.29, 1.82) is 0 Å². The van der Waals surface area contributed by atoms with Gasteiger partial charge in [0.25, 0.3) is 0 Å². The average molecular weight is 455 g/mol. The molecule has 0 spiro atoms. The van der Waals surface area contributed by atoms with Crippen LogP contribution < -0.4 is 0 Å². The van der Waals surface area contributed by atoms with Gasteiger partial charge in [0.1, 0.15) is 5.60 Å². The van der Waals surface area contributed by atoms with Crippen LogP contribution in [0.15, 0.2) is 42.5 Å². The summed E-state index contributed by atoms with van der Waals surface area (Å²) in [6.07, 6.45) is 8.64. The molecule has 1 fully saturated rings. The predicted molar refractivity (Wildman–Crippen MR) is 119 cm³/mol. The van der Waals surface area contributed by atoms with E-state index in [2.05, 4.69) is 16.9 Å². The zero-order chi connectivity index (χ0) is 20.3. The molecule has 28 heavy (non-hydrogen) atoms. The van der Waals surface area contributed by atoms with Crippen LogP contribution >= 0.6 is 46.4 Å². The van der Waals surface area contributed by atoms with Crippen LogP contribution in [0.5, 0.6) is 0 Å². The van der Waals surface area contributed by atoms with Gasteiger partial charge in [0.15, 0.2) is 0 Å². The van der Waals surface area contributed by atoms with Gasteiger partial charge in [0.2, 0.25) is 0 Å². The Kier molecular flexibility index (Phi) is 6.99. The fourth-order valence-electron chi connectivity index (χ4n) is 3.29. The second-order valence-corrected chi connectivity index (χ2v) is 8.66. The minimum absolute atomic E-state index is 0.554. The smallest absolute Gasteiger partial charge is 0.127 e. The SMILES string of the molecule is C#CC1(O)CCN(CC=C(c2cc(Cl)cc(Cl)c2)c2cc(Cl)cc(Cl)c2)CC1. The Bertz CT molecular complexity index is 846.